The van der Waals surface area contributed by atoms with Crippen LogP contribution in [0.15, 0.2) is 12.1 Å². The highest BCUT2D eigenvalue weighted by Crippen LogP contribution is 2.31. The summed E-state index contributed by atoms with van der Waals surface area (Å²) in [5.41, 5.74) is 0.356. The van der Waals surface area contributed by atoms with Gasteiger partial charge in [0.05, 0.1) is 0 Å². The van der Waals surface area contributed by atoms with Gasteiger partial charge in [0, 0.05) is 0 Å². The van der Waals surface area contributed by atoms with E-state index in [2.05, 4.69) is 22.6 Å². The van der Waals surface area contributed by atoms with Gasteiger partial charge in [-0.15, -0.1) is 0 Å². The lowest BCUT2D eigenvalue weighted by molar-refractivity contribution is 0.0691. The molecule has 4 nitrogen and oxygen atoms in total. The van der Waals surface area contributed by atoms with Crippen molar-refractivity contribution in [1.29, 1.82) is 0 Å². The Labute approximate surface area is 101 Å². The molecule has 0 radical (unpaired) electrons. The molecular weight excluding hydrogens is 311 g/mol. The number of hydrogen-bond donors (Lipinski definition) is 3. The van der Waals surface area contributed by atoms with Crippen LogP contribution >= 0.6 is 22.6 Å². The molecule has 0 aliphatic heterocycles. The van der Waals surface area contributed by atoms with Crippen molar-refractivity contribution in [2.45, 2.75) is 12.8 Å². The average Bonchev–Trinajstić information content (AvgIpc) is 2.19. The van der Waals surface area contributed by atoms with Crippen LogP contribution in [-0.2, 0) is 6.42 Å². The van der Waals surface area contributed by atoms with E-state index in [4.69, 9.17) is 5.11 Å². The standard InChI is InChI=1S/C10H11IO4/c11-5-1-2-6-3-4-7(12)9(13)8(6)10(14)15/h3-4,12-13H,1-2,5H2,(H,14,15). The van der Waals surface area contributed by atoms with E-state index in [9.17, 15) is 15.0 Å². The molecule has 0 bridgehead atoms. The van der Waals surface area contributed by atoms with E-state index < -0.39 is 17.5 Å². The largest absolute Gasteiger partial charge is 0.504 e. The first-order chi connectivity index (χ1) is 7.07. The Morgan fingerprint density at radius 1 is 1.33 bits per heavy atom. The van der Waals surface area contributed by atoms with E-state index in [1.165, 1.54) is 12.1 Å². The highest BCUT2D eigenvalue weighted by atomic mass is 127. The third-order valence-electron chi connectivity index (χ3n) is 2.04. The fraction of sp³-hybridized carbons (Fsp3) is 0.300. The number of aryl methyl sites for hydroxylation is 1. The summed E-state index contributed by atoms with van der Waals surface area (Å²) in [6.45, 7) is 0. The van der Waals surface area contributed by atoms with Crippen LogP contribution in [0.1, 0.15) is 22.3 Å². The van der Waals surface area contributed by atoms with Gasteiger partial charge in [-0.25, -0.2) is 4.79 Å². The third-order valence-corrected chi connectivity index (χ3v) is 2.80. The molecule has 0 unspecified atom stereocenters. The number of aromatic carboxylic acids is 1. The lowest BCUT2D eigenvalue weighted by atomic mass is 10.0. The number of benzene rings is 1. The number of phenols is 2. The van der Waals surface area contributed by atoms with Crippen LogP contribution in [0.2, 0.25) is 0 Å². The number of phenolic OH excluding ortho intramolecular Hbond substituents is 1. The minimum atomic E-state index is -1.22. The molecular formula is C10H11IO4. The van der Waals surface area contributed by atoms with Crippen LogP contribution in [0, 0.1) is 0 Å². The van der Waals surface area contributed by atoms with Crippen LogP contribution in [0.3, 0.4) is 0 Å². The van der Waals surface area contributed by atoms with Crippen LogP contribution < -0.4 is 0 Å². The average molecular weight is 322 g/mol. The van der Waals surface area contributed by atoms with E-state index in [1.807, 2.05) is 0 Å². The van der Waals surface area contributed by atoms with Gasteiger partial charge in [-0.1, -0.05) is 28.7 Å². The molecule has 5 heteroatoms. The SMILES string of the molecule is O=C(O)c1c(CCCI)ccc(O)c1O. The van der Waals surface area contributed by atoms with E-state index in [-0.39, 0.29) is 5.56 Å². The van der Waals surface area contributed by atoms with Gasteiger partial charge in [0.25, 0.3) is 0 Å². The molecule has 0 heterocycles. The predicted octanol–water partition coefficient (Wildman–Crippen LogP) is 2.16. The molecule has 0 spiro atoms. The van der Waals surface area contributed by atoms with E-state index in [0.29, 0.717) is 12.0 Å². The first-order valence-electron chi connectivity index (χ1n) is 4.41. The van der Waals surface area contributed by atoms with Crippen LogP contribution in [0.5, 0.6) is 11.5 Å². The van der Waals surface area contributed by atoms with Crippen LogP contribution in [-0.4, -0.2) is 25.7 Å². The van der Waals surface area contributed by atoms with Crippen molar-refractivity contribution in [3.8, 4) is 11.5 Å². The number of carboxylic acids is 1. The fourth-order valence-corrected chi connectivity index (χ4v) is 1.71. The van der Waals surface area contributed by atoms with Gasteiger partial charge < -0.3 is 15.3 Å². The zero-order valence-electron chi connectivity index (χ0n) is 7.90. The Morgan fingerprint density at radius 3 is 2.53 bits per heavy atom. The Morgan fingerprint density at radius 2 is 2.00 bits per heavy atom. The van der Waals surface area contributed by atoms with Crippen molar-refractivity contribution >= 4 is 28.6 Å². The molecule has 15 heavy (non-hydrogen) atoms. The normalized spacial score (nSPS) is 10.2. The lowest BCUT2D eigenvalue weighted by Gasteiger charge is -2.08. The van der Waals surface area contributed by atoms with E-state index in [0.717, 1.165) is 10.8 Å². The molecule has 1 aromatic rings. The molecule has 0 aliphatic rings. The topological polar surface area (TPSA) is 77.8 Å². The number of halogens is 1. The van der Waals surface area contributed by atoms with Crippen molar-refractivity contribution in [3.05, 3.63) is 23.3 Å². The predicted molar refractivity (Wildman–Crippen MR) is 63.9 cm³/mol. The molecule has 1 aromatic carbocycles. The zero-order valence-corrected chi connectivity index (χ0v) is 10.1. The number of carboxylic acid groups (broad SMARTS) is 1. The van der Waals surface area contributed by atoms with Crippen LogP contribution in [0.25, 0.3) is 0 Å². The van der Waals surface area contributed by atoms with Crippen molar-refractivity contribution in [3.63, 3.8) is 0 Å². The molecule has 82 valence electrons. The van der Waals surface area contributed by atoms with E-state index >= 15 is 0 Å². The molecule has 1 rings (SSSR count). The second-order valence-corrected chi connectivity index (χ2v) is 4.14. The minimum absolute atomic E-state index is 0.195. The number of alkyl halides is 1. The van der Waals surface area contributed by atoms with Crippen molar-refractivity contribution in [1.82, 2.24) is 0 Å². The summed E-state index contributed by atoms with van der Waals surface area (Å²) in [6, 6.07) is 2.84. The summed E-state index contributed by atoms with van der Waals surface area (Å²) in [6.07, 6.45) is 1.42. The molecule has 0 aromatic heterocycles. The van der Waals surface area contributed by atoms with Crippen molar-refractivity contribution < 1.29 is 20.1 Å². The molecule has 3 N–H and O–H groups in total. The summed E-state index contributed by atoms with van der Waals surface area (Å²) >= 11 is 2.20. The Balaban J connectivity index is 3.15. The van der Waals surface area contributed by atoms with Crippen molar-refractivity contribution in [2.75, 3.05) is 4.43 Å². The smallest absolute Gasteiger partial charge is 0.339 e. The quantitative estimate of drug-likeness (QED) is 0.451. The maximum Gasteiger partial charge on any atom is 0.339 e. The molecule has 0 amide bonds. The van der Waals surface area contributed by atoms with Gasteiger partial charge in [-0.3, -0.25) is 0 Å². The number of hydrogen-bond acceptors (Lipinski definition) is 3. The summed E-state index contributed by atoms with van der Waals surface area (Å²) in [5.74, 6) is -2.16. The molecule has 0 fully saturated rings. The summed E-state index contributed by atoms with van der Waals surface area (Å²) in [7, 11) is 0. The highest BCUT2D eigenvalue weighted by Gasteiger charge is 2.17. The monoisotopic (exact) mass is 322 g/mol. The fourth-order valence-electron chi connectivity index (χ4n) is 1.33. The van der Waals surface area contributed by atoms with Crippen LogP contribution in [0.4, 0.5) is 0 Å². The van der Waals surface area contributed by atoms with Gasteiger partial charge in [0.1, 0.15) is 5.56 Å². The number of carbonyl (C=O) groups is 1. The maximum absolute atomic E-state index is 10.9. The highest BCUT2D eigenvalue weighted by molar-refractivity contribution is 14.1. The lowest BCUT2D eigenvalue weighted by Crippen LogP contribution is -2.03. The Kier molecular flexibility index (Phi) is 4.19. The van der Waals surface area contributed by atoms with Gasteiger partial charge in [0.2, 0.25) is 0 Å². The molecule has 0 saturated heterocycles. The Bertz CT molecular complexity index is 376. The third kappa shape index (κ3) is 2.74. The second kappa shape index (κ2) is 5.20. The van der Waals surface area contributed by atoms with Gasteiger partial charge in [0.15, 0.2) is 11.5 Å². The van der Waals surface area contributed by atoms with E-state index in [1.54, 1.807) is 0 Å². The maximum atomic E-state index is 10.9. The minimum Gasteiger partial charge on any atom is -0.504 e. The molecule has 0 atom stereocenters. The Hall–Kier alpha value is -0.980. The number of rotatable bonds is 4. The summed E-state index contributed by atoms with van der Waals surface area (Å²) in [5, 5.41) is 27.5. The van der Waals surface area contributed by atoms with Gasteiger partial charge in [-0.2, -0.15) is 0 Å². The van der Waals surface area contributed by atoms with Gasteiger partial charge >= 0.3 is 5.97 Å². The van der Waals surface area contributed by atoms with Crippen molar-refractivity contribution in [2.24, 2.45) is 0 Å². The van der Waals surface area contributed by atoms with Gasteiger partial charge in [-0.05, 0) is 28.9 Å². The first-order valence-corrected chi connectivity index (χ1v) is 5.93. The second-order valence-electron chi connectivity index (χ2n) is 3.07. The summed E-state index contributed by atoms with van der Waals surface area (Å²) < 4.78 is 0.915. The summed E-state index contributed by atoms with van der Waals surface area (Å²) in [4.78, 5) is 10.9. The number of aromatic hydroxyl groups is 2. The molecule has 0 aliphatic carbocycles. The molecule has 0 saturated carbocycles. The zero-order chi connectivity index (χ0) is 11.4. The first kappa shape index (κ1) is 12.1.